The van der Waals surface area contributed by atoms with Crippen molar-refractivity contribution in [2.45, 2.75) is 39.3 Å². The van der Waals surface area contributed by atoms with Crippen molar-refractivity contribution in [3.8, 4) is 0 Å². The lowest BCUT2D eigenvalue weighted by molar-refractivity contribution is -0.123. The van der Waals surface area contributed by atoms with Gasteiger partial charge in [0.2, 0.25) is 5.91 Å². The first-order valence-corrected chi connectivity index (χ1v) is 9.90. The van der Waals surface area contributed by atoms with E-state index in [9.17, 15) is 14.4 Å². The van der Waals surface area contributed by atoms with Crippen LogP contribution in [0.2, 0.25) is 0 Å². The Morgan fingerprint density at radius 3 is 2.50 bits per heavy atom. The van der Waals surface area contributed by atoms with Crippen molar-refractivity contribution in [1.82, 2.24) is 5.01 Å². The number of anilines is 2. The van der Waals surface area contributed by atoms with E-state index in [2.05, 4.69) is 15.7 Å². The maximum Gasteiger partial charge on any atom is 0.263 e. The van der Waals surface area contributed by atoms with Crippen LogP contribution in [-0.2, 0) is 20.8 Å². The van der Waals surface area contributed by atoms with Crippen LogP contribution in [0.4, 0.5) is 11.4 Å². The molecule has 0 radical (unpaired) electrons. The first-order valence-electron chi connectivity index (χ1n) is 9.90. The molecule has 2 unspecified atom stereocenters. The van der Waals surface area contributed by atoms with Crippen LogP contribution in [0.3, 0.4) is 0 Å². The number of fused-ring (bicyclic) bond motifs is 1. The van der Waals surface area contributed by atoms with E-state index in [-0.39, 0.29) is 12.5 Å². The molecule has 0 aliphatic carbocycles. The van der Waals surface area contributed by atoms with Crippen LogP contribution in [0.1, 0.15) is 23.6 Å². The smallest absolute Gasteiger partial charge is 0.263 e. The lowest BCUT2D eigenvalue weighted by Gasteiger charge is -2.20. The minimum Gasteiger partial charge on any atom is -0.324 e. The number of amides is 3. The second-order valence-electron chi connectivity index (χ2n) is 7.59. The molecule has 8 heteroatoms. The number of hydrogen-bond donors (Lipinski definition) is 1. The monoisotopic (exact) mass is 405 g/mol. The zero-order chi connectivity index (χ0) is 21.4. The number of carbonyl (C=O) groups is 3. The fourth-order valence-electron chi connectivity index (χ4n) is 3.70. The van der Waals surface area contributed by atoms with Crippen LogP contribution in [0, 0.1) is 13.8 Å². The maximum absolute atomic E-state index is 13.0. The van der Waals surface area contributed by atoms with Gasteiger partial charge in [-0.3, -0.25) is 19.4 Å². The molecule has 3 amide bonds. The van der Waals surface area contributed by atoms with Crippen LogP contribution in [0.15, 0.2) is 52.8 Å². The molecule has 0 bridgehead atoms. The standard InChI is InChI=1S/C22H23N5O3/c1-4-15-7-9-16(10-8-15)27-21(29)19-20(22(27)30)26(25-24-19)12-18(28)23-17-11-13(2)5-6-14(17)3/h5-11,19-20H,4,12H2,1-3H3,(H,23,28). The van der Waals surface area contributed by atoms with E-state index in [1.807, 2.05) is 51.1 Å². The van der Waals surface area contributed by atoms with Crippen LogP contribution in [-0.4, -0.2) is 41.4 Å². The van der Waals surface area contributed by atoms with E-state index in [1.165, 1.54) is 5.01 Å². The fourth-order valence-corrected chi connectivity index (χ4v) is 3.70. The number of benzene rings is 2. The summed E-state index contributed by atoms with van der Waals surface area (Å²) >= 11 is 0. The Labute approximate surface area is 174 Å². The lowest BCUT2D eigenvalue weighted by atomic mass is 10.1. The summed E-state index contributed by atoms with van der Waals surface area (Å²) in [6.07, 6.45) is 0.866. The van der Waals surface area contributed by atoms with E-state index in [0.29, 0.717) is 11.4 Å². The second kappa shape index (κ2) is 7.70. The molecule has 2 aliphatic rings. The number of hydrogen-bond acceptors (Lipinski definition) is 6. The Hall–Kier alpha value is -3.55. The molecule has 2 aromatic rings. The highest BCUT2D eigenvalue weighted by Crippen LogP contribution is 2.32. The normalized spacial score (nSPS) is 20.1. The molecule has 8 nitrogen and oxygen atoms in total. The summed E-state index contributed by atoms with van der Waals surface area (Å²) in [6, 6.07) is 11.3. The summed E-state index contributed by atoms with van der Waals surface area (Å²) in [5.74, 6) is -1.16. The van der Waals surface area contributed by atoms with Crippen molar-refractivity contribution in [3.05, 3.63) is 59.2 Å². The van der Waals surface area contributed by atoms with Gasteiger partial charge in [-0.2, -0.15) is 5.11 Å². The van der Waals surface area contributed by atoms with E-state index >= 15 is 0 Å². The Kier molecular flexibility index (Phi) is 5.07. The number of imide groups is 1. The topological polar surface area (TPSA) is 94.4 Å². The maximum atomic E-state index is 13.0. The summed E-state index contributed by atoms with van der Waals surface area (Å²) < 4.78 is 0. The molecule has 2 atom stereocenters. The van der Waals surface area contributed by atoms with Gasteiger partial charge in [-0.05, 0) is 55.2 Å². The molecule has 1 saturated heterocycles. The lowest BCUT2D eigenvalue weighted by Crippen LogP contribution is -2.43. The molecule has 2 heterocycles. The van der Waals surface area contributed by atoms with Crippen molar-refractivity contribution < 1.29 is 14.4 Å². The number of carbonyl (C=O) groups excluding carboxylic acids is 3. The highest BCUT2D eigenvalue weighted by atomic mass is 16.2. The third-order valence-electron chi connectivity index (χ3n) is 5.43. The Morgan fingerprint density at radius 1 is 1.07 bits per heavy atom. The van der Waals surface area contributed by atoms with E-state index in [0.717, 1.165) is 28.0 Å². The van der Waals surface area contributed by atoms with E-state index in [4.69, 9.17) is 0 Å². The van der Waals surface area contributed by atoms with Gasteiger partial charge >= 0.3 is 0 Å². The van der Waals surface area contributed by atoms with E-state index < -0.39 is 23.9 Å². The van der Waals surface area contributed by atoms with Gasteiger partial charge in [0.25, 0.3) is 11.8 Å². The van der Waals surface area contributed by atoms with Crippen LogP contribution >= 0.6 is 0 Å². The molecule has 2 aromatic carbocycles. The molecule has 0 spiro atoms. The fraction of sp³-hybridized carbons (Fsp3) is 0.318. The molecular formula is C22H23N5O3. The van der Waals surface area contributed by atoms with Gasteiger partial charge in [-0.25, -0.2) is 4.90 Å². The third-order valence-corrected chi connectivity index (χ3v) is 5.43. The molecule has 0 aromatic heterocycles. The van der Waals surface area contributed by atoms with Crippen molar-refractivity contribution in [1.29, 1.82) is 0 Å². The van der Waals surface area contributed by atoms with Crippen molar-refractivity contribution in [2.75, 3.05) is 16.8 Å². The number of nitrogens with zero attached hydrogens (tertiary/aromatic N) is 4. The average molecular weight is 405 g/mol. The second-order valence-corrected chi connectivity index (χ2v) is 7.59. The molecule has 4 rings (SSSR count). The number of rotatable bonds is 5. The molecule has 1 fully saturated rings. The van der Waals surface area contributed by atoms with Crippen molar-refractivity contribution in [2.24, 2.45) is 10.3 Å². The predicted octanol–water partition coefficient (Wildman–Crippen LogP) is 2.80. The summed E-state index contributed by atoms with van der Waals surface area (Å²) in [7, 11) is 0. The third kappa shape index (κ3) is 3.45. The molecule has 154 valence electrons. The highest BCUT2D eigenvalue weighted by Gasteiger charge is 2.55. The summed E-state index contributed by atoms with van der Waals surface area (Å²) in [5.41, 5.74) is 4.29. The first kappa shape index (κ1) is 19.8. The van der Waals surface area contributed by atoms with Gasteiger partial charge in [0.1, 0.15) is 6.54 Å². The minimum absolute atomic E-state index is 0.167. The van der Waals surface area contributed by atoms with Gasteiger partial charge < -0.3 is 5.32 Å². The van der Waals surface area contributed by atoms with Gasteiger partial charge in [0.15, 0.2) is 12.1 Å². The highest BCUT2D eigenvalue weighted by molar-refractivity contribution is 6.25. The average Bonchev–Trinajstić information content (AvgIpc) is 3.24. The molecular weight excluding hydrogens is 382 g/mol. The van der Waals surface area contributed by atoms with Gasteiger partial charge in [-0.1, -0.05) is 36.4 Å². The summed E-state index contributed by atoms with van der Waals surface area (Å²) in [6.45, 7) is 5.72. The van der Waals surface area contributed by atoms with Gasteiger partial charge in [0, 0.05) is 5.69 Å². The zero-order valence-electron chi connectivity index (χ0n) is 17.1. The zero-order valence-corrected chi connectivity index (χ0v) is 17.1. The Balaban J connectivity index is 1.49. The Bertz CT molecular complexity index is 1050. The Morgan fingerprint density at radius 2 is 1.80 bits per heavy atom. The molecule has 1 N–H and O–H groups in total. The van der Waals surface area contributed by atoms with Crippen molar-refractivity contribution >= 4 is 29.1 Å². The molecule has 0 saturated carbocycles. The van der Waals surface area contributed by atoms with Crippen LogP contribution in [0.25, 0.3) is 0 Å². The SMILES string of the molecule is CCc1ccc(N2C(=O)C3N=NN(CC(=O)Nc4cc(C)ccc4C)C3C2=O)cc1. The van der Waals surface area contributed by atoms with Crippen LogP contribution in [0.5, 0.6) is 0 Å². The number of nitrogens with one attached hydrogen (secondary N) is 1. The summed E-state index contributed by atoms with van der Waals surface area (Å²) in [5, 5.41) is 12.0. The minimum atomic E-state index is -0.920. The van der Waals surface area contributed by atoms with Gasteiger partial charge in [-0.15, -0.1) is 0 Å². The summed E-state index contributed by atoms with van der Waals surface area (Å²) in [4.78, 5) is 39.5. The first-order chi connectivity index (χ1) is 14.4. The number of aryl methyl sites for hydroxylation is 3. The van der Waals surface area contributed by atoms with Gasteiger partial charge in [0.05, 0.1) is 5.69 Å². The largest absolute Gasteiger partial charge is 0.324 e. The predicted molar refractivity (Wildman–Crippen MR) is 112 cm³/mol. The van der Waals surface area contributed by atoms with Crippen LogP contribution < -0.4 is 10.2 Å². The van der Waals surface area contributed by atoms with Crippen molar-refractivity contribution in [3.63, 3.8) is 0 Å². The van der Waals surface area contributed by atoms with E-state index in [1.54, 1.807) is 12.1 Å². The molecule has 2 aliphatic heterocycles. The molecule has 30 heavy (non-hydrogen) atoms. The quantitative estimate of drug-likeness (QED) is 0.774.